The number of anilines is 1. The Balaban J connectivity index is 1.35. The lowest BCUT2D eigenvalue weighted by Crippen LogP contribution is -2.19. The molecule has 12 heteroatoms. The van der Waals surface area contributed by atoms with Crippen molar-refractivity contribution < 1.29 is 13.9 Å². The largest absolute Gasteiger partial charge is 0.492 e. The van der Waals surface area contributed by atoms with Gasteiger partial charge in [-0.2, -0.15) is 5.10 Å². The Kier molecular flexibility index (Phi) is 7.75. The molecular weight excluding hydrogens is 549 g/mol. The molecule has 0 bridgehead atoms. The van der Waals surface area contributed by atoms with E-state index >= 15 is 0 Å². The van der Waals surface area contributed by atoms with Crippen LogP contribution in [0.2, 0.25) is 0 Å². The summed E-state index contributed by atoms with van der Waals surface area (Å²) in [6.45, 7) is 3.08. The third-order valence-electron chi connectivity index (χ3n) is 6.78. The Hall–Kier alpha value is -5.23. The molecule has 1 aromatic carbocycles. The van der Waals surface area contributed by atoms with Gasteiger partial charge >= 0.3 is 0 Å². The van der Waals surface area contributed by atoms with E-state index in [4.69, 9.17) is 14.7 Å². The van der Waals surface area contributed by atoms with Gasteiger partial charge in [0.05, 0.1) is 34.3 Å². The van der Waals surface area contributed by atoms with Gasteiger partial charge in [0.25, 0.3) is 0 Å². The molecule has 5 heterocycles. The van der Waals surface area contributed by atoms with E-state index in [0.717, 1.165) is 17.5 Å². The maximum absolute atomic E-state index is 14.6. The lowest BCUT2D eigenvalue weighted by atomic mass is 10.1. The summed E-state index contributed by atoms with van der Waals surface area (Å²) in [7, 11) is 3.90. The molecule has 3 N–H and O–H groups in total. The predicted molar refractivity (Wildman–Crippen MR) is 163 cm³/mol. The number of likely N-dealkylation sites (N-methyl/N-ethyl adjacent to an activating group) is 1. The first kappa shape index (κ1) is 27.9. The lowest BCUT2D eigenvalue weighted by molar-refractivity contribution is -0.116. The minimum atomic E-state index is -0.426. The van der Waals surface area contributed by atoms with Crippen LogP contribution in [-0.4, -0.2) is 73.2 Å². The van der Waals surface area contributed by atoms with Crippen molar-refractivity contribution >= 4 is 33.7 Å². The molecule has 1 amide bonds. The van der Waals surface area contributed by atoms with E-state index in [0.29, 0.717) is 76.0 Å². The van der Waals surface area contributed by atoms with Crippen LogP contribution >= 0.6 is 0 Å². The zero-order valence-electron chi connectivity index (χ0n) is 24.0. The number of aromatic amines is 2. The molecule has 5 aromatic heterocycles. The molecule has 0 atom stereocenters. The van der Waals surface area contributed by atoms with Gasteiger partial charge in [0.15, 0.2) is 11.5 Å². The smallest absolute Gasteiger partial charge is 0.224 e. The number of hydrogen-bond acceptors (Lipinski definition) is 8. The molecular formula is C31H30FN9O2. The molecule has 43 heavy (non-hydrogen) atoms. The third kappa shape index (κ3) is 6.04. The van der Waals surface area contributed by atoms with E-state index in [1.165, 1.54) is 12.1 Å². The zero-order valence-corrected chi connectivity index (χ0v) is 24.0. The summed E-state index contributed by atoms with van der Waals surface area (Å²) in [6, 6.07) is 11.9. The quantitative estimate of drug-likeness (QED) is 0.195. The molecule has 11 nitrogen and oxygen atoms in total. The summed E-state index contributed by atoms with van der Waals surface area (Å²) in [6.07, 6.45) is 6.15. The number of H-pyrrole nitrogens is 2. The average molecular weight is 580 g/mol. The Labute approximate surface area is 246 Å². The van der Waals surface area contributed by atoms with Crippen LogP contribution in [0, 0.1) is 5.82 Å². The summed E-state index contributed by atoms with van der Waals surface area (Å²) in [5, 5.41) is 10.4. The van der Waals surface area contributed by atoms with Gasteiger partial charge in [0, 0.05) is 42.6 Å². The number of nitrogens with one attached hydrogen (secondary N) is 3. The van der Waals surface area contributed by atoms with E-state index in [1.807, 2.05) is 44.1 Å². The Morgan fingerprint density at radius 1 is 1.00 bits per heavy atom. The second kappa shape index (κ2) is 11.9. The summed E-state index contributed by atoms with van der Waals surface area (Å²) < 4.78 is 20.4. The summed E-state index contributed by atoms with van der Waals surface area (Å²) in [5.74, 6) is 0.417. The van der Waals surface area contributed by atoms with Gasteiger partial charge in [0.1, 0.15) is 29.2 Å². The van der Waals surface area contributed by atoms with Crippen molar-refractivity contribution in [2.75, 3.05) is 32.6 Å². The van der Waals surface area contributed by atoms with Gasteiger partial charge in [-0.05, 0) is 56.9 Å². The number of carbonyl (C=O) groups excluding carboxylic acids is 1. The summed E-state index contributed by atoms with van der Waals surface area (Å²) >= 11 is 0. The molecule has 218 valence electrons. The van der Waals surface area contributed by atoms with E-state index in [2.05, 4.69) is 30.5 Å². The maximum atomic E-state index is 14.6. The molecule has 0 radical (unpaired) electrons. The van der Waals surface area contributed by atoms with Gasteiger partial charge in [-0.15, -0.1) is 0 Å². The average Bonchev–Trinajstić information content (AvgIpc) is 3.60. The van der Waals surface area contributed by atoms with Gasteiger partial charge < -0.3 is 19.9 Å². The molecule has 0 saturated carbocycles. The first-order valence-electron chi connectivity index (χ1n) is 13.9. The highest BCUT2D eigenvalue weighted by molar-refractivity contribution is 5.95. The van der Waals surface area contributed by atoms with Crippen LogP contribution in [0.3, 0.4) is 0 Å². The van der Waals surface area contributed by atoms with Crippen molar-refractivity contribution in [2.24, 2.45) is 0 Å². The Morgan fingerprint density at radius 3 is 2.70 bits per heavy atom. The molecule has 0 aliphatic carbocycles. The standard InChI is InChI=1S/C31H30FN9O2/c1-4-5-26(42)35-21-13-19(16-33-17-21)23-6-7-25-29(36-23)30(40-39-25)31-37-24-8-9-34-27(28(24)38-31)18-12-20(32)15-22(14-18)43-11-10-41(2)3/h6-9,12-17H,4-5,10-11H2,1-3H3,(H,35,42)(H,37,38)(H,39,40). The van der Waals surface area contributed by atoms with Crippen LogP contribution in [-0.2, 0) is 4.79 Å². The van der Waals surface area contributed by atoms with Crippen molar-refractivity contribution in [2.45, 2.75) is 19.8 Å². The van der Waals surface area contributed by atoms with Crippen LogP contribution in [0.25, 0.3) is 56.1 Å². The van der Waals surface area contributed by atoms with Crippen LogP contribution < -0.4 is 10.1 Å². The topological polar surface area (TPSA) is 138 Å². The van der Waals surface area contributed by atoms with Gasteiger partial charge in [0.2, 0.25) is 5.91 Å². The van der Waals surface area contributed by atoms with Crippen LogP contribution in [0.5, 0.6) is 5.75 Å². The fraction of sp³-hybridized carbons (Fsp3) is 0.226. The van der Waals surface area contributed by atoms with Crippen LogP contribution in [0.15, 0.2) is 61.1 Å². The SMILES string of the molecule is CCCC(=O)Nc1cncc(-c2ccc3[nH]nc(-c4nc5c(-c6cc(F)cc(OCCN(C)C)c6)nccc5[nH]4)c3n2)c1. The fourth-order valence-electron chi connectivity index (χ4n) is 4.71. The number of fused-ring (bicyclic) bond motifs is 2. The highest BCUT2D eigenvalue weighted by Gasteiger charge is 2.18. The number of imidazole rings is 1. The van der Waals surface area contributed by atoms with E-state index < -0.39 is 5.82 Å². The number of carbonyl (C=O) groups is 1. The molecule has 0 aliphatic heterocycles. The number of amides is 1. The number of hydrogen-bond donors (Lipinski definition) is 3. The first-order chi connectivity index (χ1) is 20.9. The summed E-state index contributed by atoms with van der Waals surface area (Å²) in [5.41, 5.74) is 6.20. The van der Waals surface area contributed by atoms with Crippen LogP contribution in [0.1, 0.15) is 19.8 Å². The number of ether oxygens (including phenoxy) is 1. The monoisotopic (exact) mass is 579 g/mol. The highest BCUT2D eigenvalue weighted by Crippen LogP contribution is 2.32. The predicted octanol–water partition coefficient (Wildman–Crippen LogP) is 5.44. The molecule has 0 fully saturated rings. The molecule has 0 saturated heterocycles. The molecule has 6 aromatic rings. The molecule has 0 spiro atoms. The number of nitrogens with zero attached hydrogens (tertiary/aromatic N) is 6. The van der Waals surface area contributed by atoms with Crippen LogP contribution in [0.4, 0.5) is 10.1 Å². The maximum Gasteiger partial charge on any atom is 0.224 e. The van der Waals surface area contributed by atoms with Gasteiger partial charge in [-0.25, -0.2) is 14.4 Å². The number of benzene rings is 1. The second-order valence-electron chi connectivity index (χ2n) is 10.4. The lowest BCUT2D eigenvalue weighted by Gasteiger charge is -2.12. The van der Waals surface area contributed by atoms with E-state index in [9.17, 15) is 9.18 Å². The number of pyridine rings is 3. The highest BCUT2D eigenvalue weighted by atomic mass is 19.1. The Morgan fingerprint density at radius 2 is 1.86 bits per heavy atom. The minimum absolute atomic E-state index is 0.0629. The number of halogens is 1. The Bertz CT molecular complexity index is 1930. The number of aromatic nitrogens is 7. The van der Waals surface area contributed by atoms with Crippen molar-refractivity contribution in [1.82, 2.24) is 40.0 Å². The molecule has 0 aliphatic rings. The zero-order chi connectivity index (χ0) is 29.9. The minimum Gasteiger partial charge on any atom is -0.492 e. The van der Waals surface area contributed by atoms with E-state index in [1.54, 1.807) is 30.7 Å². The molecule has 6 rings (SSSR count). The van der Waals surface area contributed by atoms with Gasteiger partial charge in [-0.1, -0.05) is 6.92 Å². The van der Waals surface area contributed by atoms with Crippen molar-refractivity contribution in [1.29, 1.82) is 0 Å². The normalized spacial score (nSPS) is 11.5. The third-order valence-corrected chi connectivity index (χ3v) is 6.78. The van der Waals surface area contributed by atoms with Crippen molar-refractivity contribution in [3.05, 3.63) is 66.9 Å². The van der Waals surface area contributed by atoms with Gasteiger partial charge in [-0.3, -0.25) is 19.9 Å². The second-order valence-corrected chi connectivity index (χ2v) is 10.4. The summed E-state index contributed by atoms with van der Waals surface area (Å²) in [4.78, 5) is 35.9. The fourth-order valence-corrected chi connectivity index (χ4v) is 4.71. The van der Waals surface area contributed by atoms with Crippen molar-refractivity contribution in [3.8, 4) is 39.8 Å². The first-order valence-corrected chi connectivity index (χ1v) is 13.9. The molecule has 0 unspecified atom stereocenters. The van der Waals surface area contributed by atoms with E-state index in [-0.39, 0.29) is 5.91 Å². The van der Waals surface area contributed by atoms with Crippen molar-refractivity contribution in [3.63, 3.8) is 0 Å². The number of rotatable bonds is 10.